The largest absolute Gasteiger partial charge is 0.479 e. The number of aryl methyl sites for hydroxylation is 1. The number of hydrogen-bond donors (Lipinski definition) is 1. The molecule has 0 radical (unpaired) electrons. The molecule has 2 aromatic heterocycles. The summed E-state index contributed by atoms with van der Waals surface area (Å²) in [5, 5.41) is 10.6. The van der Waals surface area contributed by atoms with E-state index in [0.717, 1.165) is 37.4 Å². The highest BCUT2D eigenvalue weighted by atomic mass is 32.2. The number of aliphatic carboxylic acids is 1. The van der Waals surface area contributed by atoms with Crippen LogP contribution in [-0.4, -0.2) is 45.5 Å². The molecule has 1 aliphatic heterocycles. The average molecular weight is 518 g/mol. The van der Waals surface area contributed by atoms with Gasteiger partial charge in [0.05, 0.1) is 11.3 Å². The maximum absolute atomic E-state index is 15.1. The summed E-state index contributed by atoms with van der Waals surface area (Å²) >= 11 is 1.40. The van der Waals surface area contributed by atoms with E-state index >= 15 is 4.39 Å². The van der Waals surface area contributed by atoms with Gasteiger partial charge in [-0.25, -0.2) is 14.2 Å². The fraction of sp³-hybridized carbons (Fsp3) is 0.607. The number of carboxylic acid groups (broad SMARTS) is 1. The predicted molar refractivity (Wildman–Crippen MR) is 144 cm³/mol. The van der Waals surface area contributed by atoms with E-state index in [2.05, 4.69) is 42.6 Å². The standard InChI is InChI=1S/C28H40FN3O3S/c1-17(2)16-36-25-21(29)13-19(14-31-25)20-15-30-18(3)22(24(26(33)34)35-27(4,5)6)23(20)32-11-9-28(7,8)10-12-32/h13-15,17,24H,9-12,16H2,1-8H3,(H,33,34)/t24-/m0/s1. The number of nitrogens with zero attached hydrogens (tertiary/aromatic N) is 3. The Hall–Kier alpha value is -2.19. The first kappa shape index (κ1) is 28.4. The Morgan fingerprint density at radius 2 is 1.86 bits per heavy atom. The van der Waals surface area contributed by atoms with Crippen molar-refractivity contribution < 1.29 is 19.0 Å². The Balaban J connectivity index is 2.18. The quantitative estimate of drug-likeness (QED) is 0.381. The minimum Gasteiger partial charge on any atom is -0.479 e. The number of halogens is 1. The Kier molecular flexibility index (Phi) is 8.71. The highest BCUT2D eigenvalue weighted by molar-refractivity contribution is 7.99. The summed E-state index contributed by atoms with van der Waals surface area (Å²) < 4.78 is 21.2. The third kappa shape index (κ3) is 6.97. The summed E-state index contributed by atoms with van der Waals surface area (Å²) in [4.78, 5) is 23.7. The summed E-state index contributed by atoms with van der Waals surface area (Å²) in [6.07, 6.45) is 4.09. The molecule has 3 heterocycles. The van der Waals surface area contributed by atoms with Gasteiger partial charge in [0.25, 0.3) is 0 Å². The van der Waals surface area contributed by atoms with Crippen LogP contribution >= 0.6 is 11.8 Å². The van der Waals surface area contributed by atoms with Gasteiger partial charge in [0, 0.05) is 53.6 Å². The Morgan fingerprint density at radius 3 is 2.39 bits per heavy atom. The lowest BCUT2D eigenvalue weighted by Gasteiger charge is -2.40. The van der Waals surface area contributed by atoms with Gasteiger partial charge in [-0.05, 0) is 57.9 Å². The van der Waals surface area contributed by atoms with Gasteiger partial charge in [0.1, 0.15) is 5.03 Å². The number of carbonyl (C=O) groups is 1. The molecule has 2 aromatic rings. The van der Waals surface area contributed by atoms with Crippen molar-refractivity contribution in [2.45, 2.75) is 85.0 Å². The molecule has 0 bridgehead atoms. The van der Waals surface area contributed by atoms with Gasteiger partial charge >= 0.3 is 5.97 Å². The number of rotatable bonds is 8. The first-order valence-corrected chi connectivity index (χ1v) is 13.6. The fourth-order valence-electron chi connectivity index (χ4n) is 4.32. The van der Waals surface area contributed by atoms with E-state index < -0.39 is 17.7 Å². The van der Waals surface area contributed by atoms with Gasteiger partial charge in [0.15, 0.2) is 11.9 Å². The minimum absolute atomic E-state index is 0.204. The zero-order valence-electron chi connectivity index (χ0n) is 22.8. The maximum atomic E-state index is 15.1. The van der Waals surface area contributed by atoms with Crippen LogP contribution in [0.15, 0.2) is 23.5 Å². The van der Waals surface area contributed by atoms with Crippen LogP contribution in [0.2, 0.25) is 0 Å². The SMILES string of the molecule is Cc1ncc(-c2cnc(SCC(C)C)c(F)c2)c(N2CCC(C)(C)CC2)c1[C@H](OC(C)(C)C)C(=O)O. The molecule has 0 unspecified atom stereocenters. The summed E-state index contributed by atoms with van der Waals surface area (Å²) in [7, 11) is 0. The van der Waals surface area contributed by atoms with E-state index in [4.69, 9.17) is 4.74 Å². The smallest absolute Gasteiger partial charge is 0.337 e. The molecule has 0 aromatic carbocycles. The van der Waals surface area contributed by atoms with Crippen molar-refractivity contribution in [3.63, 3.8) is 0 Å². The molecule has 1 aliphatic rings. The third-order valence-electron chi connectivity index (χ3n) is 6.35. The summed E-state index contributed by atoms with van der Waals surface area (Å²) in [5.41, 5.74) is 2.63. The number of hydrogen-bond acceptors (Lipinski definition) is 6. The van der Waals surface area contributed by atoms with E-state index in [1.807, 2.05) is 27.7 Å². The Bertz CT molecular complexity index is 1090. The van der Waals surface area contributed by atoms with Crippen LogP contribution in [0.5, 0.6) is 0 Å². The van der Waals surface area contributed by atoms with E-state index in [1.54, 1.807) is 12.4 Å². The van der Waals surface area contributed by atoms with Crippen molar-refractivity contribution in [3.05, 3.63) is 35.5 Å². The van der Waals surface area contributed by atoms with E-state index in [-0.39, 0.29) is 11.2 Å². The number of aromatic nitrogens is 2. The fourth-order valence-corrected chi connectivity index (χ4v) is 5.14. The van der Waals surface area contributed by atoms with Gasteiger partial charge in [0.2, 0.25) is 0 Å². The molecule has 6 nitrogen and oxygen atoms in total. The van der Waals surface area contributed by atoms with Crippen molar-refractivity contribution in [1.82, 2.24) is 9.97 Å². The zero-order valence-corrected chi connectivity index (χ0v) is 23.6. The van der Waals surface area contributed by atoms with Gasteiger partial charge < -0.3 is 14.7 Å². The Morgan fingerprint density at radius 1 is 1.22 bits per heavy atom. The molecule has 1 fully saturated rings. The molecule has 1 N–H and O–H groups in total. The van der Waals surface area contributed by atoms with Crippen molar-refractivity contribution in [3.8, 4) is 11.1 Å². The average Bonchev–Trinajstić information content (AvgIpc) is 2.76. The third-order valence-corrected chi connectivity index (χ3v) is 7.76. The number of thioether (sulfide) groups is 1. The van der Waals surface area contributed by atoms with Crippen molar-refractivity contribution >= 4 is 23.4 Å². The molecule has 36 heavy (non-hydrogen) atoms. The highest BCUT2D eigenvalue weighted by Crippen LogP contribution is 2.43. The van der Waals surface area contributed by atoms with Crippen molar-refractivity contribution in [2.75, 3.05) is 23.7 Å². The highest BCUT2D eigenvalue weighted by Gasteiger charge is 2.36. The second kappa shape index (κ2) is 11.1. The topological polar surface area (TPSA) is 75.5 Å². The molecule has 0 aliphatic carbocycles. The number of pyridine rings is 2. The second-order valence-corrected chi connectivity index (χ2v) is 12.8. The molecule has 0 amide bonds. The lowest BCUT2D eigenvalue weighted by molar-refractivity contribution is -0.160. The van der Waals surface area contributed by atoms with Crippen molar-refractivity contribution in [2.24, 2.45) is 11.3 Å². The van der Waals surface area contributed by atoms with Gasteiger partial charge in [-0.1, -0.05) is 27.7 Å². The van der Waals surface area contributed by atoms with E-state index in [9.17, 15) is 9.90 Å². The van der Waals surface area contributed by atoms with E-state index in [0.29, 0.717) is 33.3 Å². The molecular formula is C28H40FN3O3S. The molecule has 1 saturated heterocycles. The molecule has 1 atom stereocenters. The number of piperidine rings is 1. The van der Waals surface area contributed by atoms with E-state index in [1.165, 1.54) is 17.8 Å². The Labute approximate surface area is 219 Å². The molecule has 198 valence electrons. The molecule has 0 spiro atoms. The molecular weight excluding hydrogens is 477 g/mol. The lowest BCUT2D eigenvalue weighted by atomic mass is 9.82. The normalized spacial score (nSPS) is 16.9. The van der Waals surface area contributed by atoms with Gasteiger partial charge in [-0.3, -0.25) is 4.98 Å². The zero-order chi connectivity index (χ0) is 26.8. The van der Waals surface area contributed by atoms with Crippen LogP contribution in [0.4, 0.5) is 10.1 Å². The molecule has 8 heteroatoms. The van der Waals surface area contributed by atoms with Crippen LogP contribution in [0.1, 0.15) is 78.7 Å². The molecule has 0 saturated carbocycles. The summed E-state index contributed by atoms with van der Waals surface area (Å²) in [5.74, 6) is -0.258. The number of anilines is 1. The molecule has 3 rings (SSSR count). The first-order valence-electron chi connectivity index (χ1n) is 12.6. The van der Waals surface area contributed by atoms with Crippen LogP contribution in [0.25, 0.3) is 11.1 Å². The minimum atomic E-state index is -1.21. The first-order chi connectivity index (χ1) is 16.7. The second-order valence-electron chi connectivity index (χ2n) is 11.8. The van der Waals surface area contributed by atoms with Crippen LogP contribution in [0, 0.1) is 24.1 Å². The predicted octanol–water partition coefficient (Wildman–Crippen LogP) is 6.91. The van der Waals surface area contributed by atoms with Crippen LogP contribution < -0.4 is 4.90 Å². The van der Waals surface area contributed by atoms with Crippen molar-refractivity contribution in [1.29, 1.82) is 0 Å². The monoisotopic (exact) mass is 517 g/mol. The number of carboxylic acids is 1. The lowest BCUT2D eigenvalue weighted by Crippen LogP contribution is -2.39. The van der Waals surface area contributed by atoms with Crippen LogP contribution in [-0.2, 0) is 9.53 Å². The maximum Gasteiger partial charge on any atom is 0.337 e. The van der Waals surface area contributed by atoms with Gasteiger partial charge in [-0.15, -0.1) is 11.8 Å². The summed E-state index contributed by atoms with van der Waals surface area (Å²) in [6.45, 7) is 17.5. The van der Waals surface area contributed by atoms with Crippen LogP contribution in [0.3, 0.4) is 0 Å². The van der Waals surface area contributed by atoms with Gasteiger partial charge in [-0.2, -0.15) is 0 Å². The number of ether oxygens (including phenoxy) is 1. The summed E-state index contributed by atoms with van der Waals surface area (Å²) in [6, 6.07) is 1.49.